The lowest BCUT2D eigenvalue weighted by Crippen LogP contribution is -2.29. The minimum atomic E-state index is -3.27. The summed E-state index contributed by atoms with van der Waals surface area (Å²) in [7, 11) is -3.27. The molecule has 0 spiro atoms. The fourth-order valence-corrected chi connectivity index (χ4v) is 4.13. The van der Waals surface area contributed by atoms with Gasteiger partial charge in [-0.3, -0.25) is 9.48 Å². The van der Waals surface area contributed by atoms with Gasteiger partial charge in [0, 0.05) is 24.7 Å². The van der Waals surface area contributed by atoms with E-state index in [-0.39, 0.29) is 16.5 Å². The molecule has 2 atom stereocenters. The van der Waals surface area contributed by atoms with Gasteiger partial charge in [0.2, 0.25) is 0 Å². The molecule has 148 valence electrons. The number of rotatable bonds is 4. The van der Waals surface area contributed by atoms with E-state index in [0.717, 1.165) is 24.8 Å². The van der Waals surface area contributed by atoms with Crippen molar-refractivity contribution in [3.63, 3.8) is 0 Å². The molecular weight excluding hydrogens is 380 g/mol. The average Bonchev–Trinajstić information content (AvgIpc) is 3.01. The summed E-state index contributed by atoms with van der Waals surface area (Å²) in [5.41, 5.74) is 1.15. The Kier molecular flexibility index (Phi) is 4.72. The number of benzene rings is 1. The van der Waals surface area contributed by atoms with Crippen LogP contribution in [0.4, 0.5) is 11.5 Å². The minimum absolute atomic E-state index is 0.0428. The quantitative estimate of drug-likeness (QED) is 0.694. The lowest BCUT2D eigenvalue weighted by molar-refractivity contribution is 0.0255. The molecule has 0 amide bonds. The summed E-state index contributed by atoms with van der Waals surface area (Å²) in [6.45, 7) is 3.44. The summed E-state index contributed by atoms with van der Waals surface area (Å²) >= 11 is 0. The van der Waals surface area contributed by atoms with Gasteiger partial charge >= 0.3 is 0 Å². The summed E-state index contributed by atoms with van der Waals surface area (Å²) in [5, 5.41) is 8.30. The van der Waals surface area contributed by atoms with Crippen molar-refractivity contribution in [2.75, 3.05) is 24.8 Å². The van der Waals surface area contributed by atoms with Crippen LogP contribution in [-0.2, 0) is 14.6 Å². The normalized spacial score (nSPS) is 20.4. The number of nitrogens with zero attached hydrogens (tertiary/aromatic N) is 2. The number of hydrogen-bond acceptors (Lipinski definition) is 6. The summed E-state index contributed by atoms with van der Waals surface area (Å²) in [5.74, 6) is 0.805. The molecular formula is C19H22N4O4S. The van der Waals surface area contributed by atoms with Crippen LogP contribution in [0.1, 0.15) is 19.4 Å². The average molecular weight is 402 g/mol. The van der Waals surface area contributed by atoms with Crippen molar-refractivity contribution in [1.82, 2.24) is 14.8 Å². The molecule has 9 heteroatoms. The lowest BCUT2D eigenvalue weighted by Gasteiger charge is -2.29. The number of fused-ring (bicyclic) bond motifs is 1. The molecule has 2 unspecified atom stereocenters. The van der Waals surface area contributed by atoms with Gasteiger partial charge in [-0.05, 0) is 42.7 Å². The van der Waals surface area contributed by atoms with Gasteiger partial charge < -0.3 is 15.0 Å². The number of anilines is 2. The third kappa shape index (κ3) is 3.43. The fourth-order valence-electron chi connectivity index (χ4n) is 3.50. The second-order valence-corrected chi connectivity index (χ2v) is 9.21. The van der Waals surface area contributed by atoms with E-state index in [0.29, 0.717) is 29.4 Å². The maximum Gasteiger partial charge on any atom is 0.261 e. The molecule has 28 heavy (non-hydrogen) atoms. The molecule has 3 aromatic rings. The Balaban J connectivity index is 1.76. The highest BCUT2D eigenvalue weighted by atomic mass is 32.2. The molecule has 1 saturated heterocycles. The van der Waals surface area contributed by atoms with E-state index in [1.165, 1.54) is 12.1 Å². The van der Waals surface area contributed by atoms with Crippen LogP contribution in [0.2, 0.25) is 0 Å². The van der Waals surface area contributed by atoms with Crippen molar-refractivity contribution in [3.8, 4) is 0 Å². The Morgan fingerprint density at radius 3 is 2.68 bits per heavy atom. The van der Waals surface area contributed by atoms with Crippen LogP contribution in [0.25, 0.3) is 10.9 Å². The molecule has 0 bridgehead atoms. The van der Waals surface area contributed by atoms with Gasteiger partial charge in [-0.25, -0.2) is 8.42 Å². The summed E-state index contributed by atoms with van der Waals surface area (Å²) in [6.07, 6.45) is 3.71. The number of aromatic amines is 1. The van der Waals surface area contributed by atoms with Crippen LogP contribution in [-0.4, -0.2) is 42.7 Å². The maximum atomic E-state index is 12.5. The Morgan fingerprint density at radius 2 is 2.00 bits per heavy atom. The van der Waals surface area contributed by atoms with Crippen LogP contribution >= 0.6 is 0 Å². The first kappa shape index (κ1) is 18.7. The van der Waals surface area contributed by atoms with E-state index in [9.17, 15) is 13.2 Å². The third-order valence-electron chi connectivity index (χ3n) is 5.15. The number of aromatic nitrogens is 3. The summed E-state index contributed by atoms with van der Waals surface area (Å²) < 4.78 is 30.8. The smallest absolute Gasteiger partial charge is 0.261 e. The highest BCUT2D eigenvalue weighted by Crippen LogP contribution is 2.31. The molecule has 8 nitrogen and oxygen atoms in total. The SMILES string of the molecule is CC1CCOCC1n1nc(Nc2ccc(S(C)(=O)=O)cc2)c2c(=O)[nH]ccc21. The Labute approximate surface area is 162 Å². The predicted octanol–water partition coefficient (Wildman–Crippen LogP) is 2.47. The van der Waals surface area contributed by atoms with E-state index in [4.69, 9.17) is 4.74 Å². The van der Waals surface area contributed by atoms with Crippen molar-refractivity contribution < 1.29 is 13.2 Å². The molecule has 2 aromatic heterocycles. The van der Waals surface area contributed by atoms with Crippen molar-refractivity contribution in [1.29, 1.82) is 0 Å². The van der Waals surface area contributed by atoms with Gasteiger partial charge in [0.25, 0.3) is 5.56 Å². The lowest BCUT2D eigenvalue weighted by atomic mass is 9.97. The van der Waals surface area contributed by atoms with Gasteiger partial charge in [0.05, 0.1) is 23.1 Å². The minimum Gasteiger partial charge on any atom is -0.379 e. The number of nitrogens with one attached hydrogen (secondary N) is 2. The first-order valence-electron chi connectivity index (χ1n) is 9.09. The van der Waals surface area contributed by atoms with Gasteiger partial charge in [-0.1, -0.05) is 6.92 Å². The Morgan fingerprint density at radius 1 is 1.25 bits per heavy atom. The van der Waals surface area contributed by atoms with Crippen LogP contribution in [0, 0.1) is 5.92 Å². The number of ether oxygens (including phenoxy) is 1. The molecule has 0 saturated carbocycles. The molecule has 1 aliphatic heterocycles. The monoisotopic (exact) mass is 402 g/mol. The molecule has 0 radical (unpaired) electrons. The molecule has 1 aromatic carbocycles. The molecule has 3 heterocycles. The van der Waals surface area contributed by atoms with E-state index in [2.05, 4.69) is 22.3 Å². The topological polar surface area (TPSA) is 106 Å². The van der Waals surface area contributed by atoms with Crippen molar-refractivity contribution in [2.45, 2.75) is 24.3 Å². The van der Waals surface area contributed by atoms with Crippen LogP contribution < -0.4 is 10.9 Å². The number of H-pyrrole nitrogens is 1. The summed E-state index contributed by atoms with van der Waals surface area (Å²) in [6, 6.07) is 8.25. The first-order valence-corrected chi connectivity index (χ1v) is 11.0. The van der Waals surface area contributed by atoms with Crippen molar-refractivity contribution in [2.24, 2.45) is 5.92 Å². The molecule has 2 N–H and O–H groups in total. The maximum absolute atomic E-state index is 12.5. The van der Waals surface area contributed by atoms with Gasteiger partial charge in [0.1, 0.15) is 5.39 Å². The van der Waals surface area contributed by atoms with Gasteiger partial charge in [-0.2, -0.15) is 5.10 Å². The number of sulfone groups is 1. The van der Waals surface area contributed by atoms with Crippen molar-refractivity contribution in [3.05, 3.63) is 46.9 Å². The van der Waals surface area contributed by atoms with E-state index >= 15 is 0 Å². The number of pyridine rings is 1. The highest BCUT2D eigenvalue weighted by molar-refractivity contribution is 7.90. The zero-order valence-corrected chi connectivity index (χ0v) is 16.5. The second-order valence-electron chi connectivity index (χ2n) is 7.19. The standard InChI is InChI=1S/C19H22N4O4S/c1-12-8-10-27-11-16(12)23-15-7-9-20-19(24)17(15)18(22-23)21-13-3-5-14(6-4-13)28(2,25)26/h3-7,9,12,16H,8,10-11H2,1-2H3,(H,20,24)(H,21,22). The van der Waals surface area contributed by atoms with E-state index in [1.54, 1.807) is 18.3 Å². The van der Waals surface area contributed by atoms with E-state index in [1.807, 2.05) is 10.7 Å². The number of hydrogen-bond donors (Lipinski definition) is 2. The first-order chi connectivity index (χ1) is 13.3. The second kappa shape index (κ2) is 7.06. The largest absolute Gasteiger partial charge is 0.379 e. The summed E-state index contributed by atoms with van der Waals surface area (Å²) in [4.78, 5) is 15.4. The van der Waals surface area contributed by atoms with Crippen LogP contribution in [0.15, 0.2) is 46.2 Å². The molecule has 0 aliphatic carbocycles. The zero-order chi connectivity index (χ0) is 19.9. The van der Waals surface area contributed by atoms with Crippen LogP contribution in [0.5, 0.6) is 0 Å². The zero-order valence-electron chi connectivity index (χ0n) is 15.7. The highest BCUT2D eigenvalue weighted by Gasteiger charge is 2.27. The molecule has 4 rings (SSSR count). The third-order valence-corrected chi connectivity index (χ3v) is 6.28. The molecule has 1 fully saturated rings. The predicted molar refractivity (Wildman–Crippen MR) is 107 cm³/mol. The Bertz CT molecular complexity index is 1160. The van der Waals surface area contributed by atoms with E-state index < -0.39 is 9.84 Å². The Hall–Kier alpha value is -2.65. The fraction of sp³-hybridized carbons (Fsp3) is 0.368. The van der Waals surface area contributed by atoms with Crippen LogP contribution in [0.3, 0.4) is 0 Å². The molecule has 1 aliphatic rings. The van der Waals surface area contributed by atoms with Gasteiger partial charge in [-0.15, -0.1) is 0 Å². The van der Waals surface area contributed by atoms with Gasteiger partial charge in [0.15, 0.2) is 15.7 Å². The van der Waals surface area contributed by atoms with Crippen molar-refractivity contribution >= 4 is 32.2 Å².